The monoisotopic (exact) mass is 598 g/mol. The van der Waals surface area contributed by atoms with Gasteiger partial charge in [-0.15, -0.1) is 21.6 Å². The number of nitrogens with zero attached hydrogens (tertiary/aromatic N) is 6. The van der Waals surface area contributed by atoms with Crippen LogP contribution < -0.4 is 9.80 Å². The maximum absolute atomic E-state index is 13.2. The minimum Gasteiger partial charge on any atom is -0.371 e. The van der Waals surface area contributed by atoms with E-state index in [2.05, 4.69) is 39.2 Å². The second-order valence-corrected chi connectivity index (χ2v) is 12.4. The van der Waals surface area contributed by atoms with Gasteiger partial charge in [0, 0.05) is 30.7 Å². The molecule has 11 heteroatoms. The molecule has 0 aliphatic carbocycles. The summed E-state index contributed by atoms with van der Waals surface area (Å²) in [4.78, 5) is 49.3. The maximum Gasteiger partial charge on any atom is 0.338 e. The first-order valence-corrected chi connectivity index (χ1v) is 15.7. The highest BCUT2D eigenvalue weighted by molar-refractivity contribution is 7.29. The van der Waals surface area contributed by atoms with Crippen molar-refractivity contribution in [3.63, 3.8) is 0 Å². The number of thiazole rings is 1. The third kappa shape index (κ3) is 5.49. The molecule has 1 saturated heterocycles. The third-order valence-electron chi connectivity index (χ3n) is 7.43. The summed E-state index contributed by atoms with van der Waals surface area (Å²) in [5.41, 5.74) is 3.75. The number of carbonyl (C=O) groups is 3. The summed E-state index contributed by atoms with van der Waals surface area (Å²) in [7, 11) is 1.37. The van der Waals surface area contributed by atoms with Crippen molar-refractivity contribution in [3.05, 3.63) is 70.6 Å². The Morgan fingerprint density at radius 3 is 2.57 bits per heavy atom. The van der Waals surface area contributed by atoms with E-state index in [1.165, 1.54) is 72.7 Å². The summed E-state index contributed by atoms with van der Waals surface area (Å²) in [6, 6.07) is 16.0. The fourth-order valence-corrected chi connectivity index (χ4v) is 7.21. The SMILES string of the molecule is CCCCCCN1CCc2cc(/N=N/c3nc4sc(/C=C5/C(=O)N(C)C(=O)N(c6ccccc6)C5=O)cc4s3)ccc21. The highest BCUT2D eigenvalue weighted by atomic mass is 32.1. The largest absolute Gasteiger partial charge is 0.371 e. The third-order valence-corrected chi connectivity index (χ3v) is 9.42. The van der Waals surface area contributed by atoms with Gasteiger partial charge in [-0.25, -0.2) is 14.7 Å². The molecule has 2 aromatic heterocycles. The van der Waals surface area contributed by atoms with Gasteiger partial charge in [0.15, 0.2) is 0 Å². The number of fused-ring (bicyclic) bond motifs is 2. The lowest BCUT2D eigenvalue weighted by Gasteiger charge is -2.31. The zero-order valence-electron chi connectivity index (χ0n) is 23.4. The van der Waals surface area contributed by atoms with Crippen molar-refractivity contribution in [2.75, 3.05) is 29.9 Å². The molecule has 6 rings (SSSR count). The number of benzene rings is 2. The highest BCUT2D eigenvalue weighted by Crippen LogP contribution is 2.37. The number of carbonyl (C=O) groups excluding carboxylic acids is 3. The molecule has 2 aliphatic rings. The minimum atomic E-state index is -0.680. The average molecular weight is 599 g/mol. The number of urea groups is 1. The number of anilines is 2. The van der Waals surface area contributed by atoms with Gasteiger partial charge in [-0.1, -0.05) is 55.7 Å². The number of rotatable bonds is 9. The van der Waals surface area contributed by atoms with Gasteiger partial charge >= 0.3 is 6.03 Å². The summed E-state index contributed by atoms with van der Waals surface area (Å²) in [5, 5.41) is 9.37. The van der Waals surface area contributed by atoms with Crippen LogP contribution in [0.15, 0.2) is 70.4 Å². The molecule has 2 aromatic carbocycles. The number of para-hydroxylation sites is 1. The molecule has 0 spiro atoms. The quantitative estimate of drug-likeness (QED) is 0.0850. The number of hydrogen-bond acceptors (Lipinski definition) is 9. The van der Waals surface area contributed by atoms with Crippen molar-refractivity contribution in [1.29, 1.82) is 0 Å². The Balaban J connectivity index is 1.17. The van der Waals surface area contributed by atoms with Crippen LogP contribution in [-0.4, -0.2) is 47.9 Å². The van der Waals surface area contributed by atoms with Gasteiger partial charge in [0.05, 0.1) is 16.1 Å². The van der Waals surface area contributed by atoms with Gasteiger partial charge < -0.3 is 4.90 Å². The predicted molar refractivity (Wildman–Crippen MR) is 168 cm³/mol. The van der Waals surface area contributed by atoms with Gasteiger partial charge in [0.25, 0.3) is 11.8 Å². The molecule has 0 atom stereocenters. The van der Waals surface area contributed by atoms with Crippen molar-refractivity contribution < 1.29 is 14.4 Å². The van der Waals surface area contributed by atoms with Gasteiger partial charge in [-0.05, 0) is 60.9 Å². The van der Waals surface area contributed by atoms with Crippen molar-refractivity contribution in [3.8, 4) is 0 Å². The second kappa shape index (κ2) is 11.9. The number of unbranched alkanes of at least 4 members (excludes halogenated alkanes) is 3. The number of thiophene rings is 1. The molecule has 4 aromatic rings. The Morgan fingerprint density at radius 1 is 0.952 bits per heavy atom. The van der Waals surface area contributed by atoms with E-state index in [0.717, 1.165) is 44.5 Å². The van der Waals surface area contributed by atoms with Crippen LogP contribution in [0.2, 0.25) is 0 Å². The van der Waals surface area contributed by atoms with Crippen LogP contribution >= 0.6 is 22.7 Å². The van der Waals surface area contributed by atoms with Crippen LogP contribution in [0.1, 0.15) is 43.0 Å². The summed E-state index contributed by atoms with van der Waals surface area (Å²) in [6.07, 6.45) is 7.60. The summed E-state index contributed by atoms with van der Waals surface area (Å²) >= 11 is 2.75. The maximum atomic E-state index is 13.2. The zero-order valence-corrected chi connectivity index (χ0v) is 25.1. The first-order chi connectivity index (χ1) is 20.4. The van der Waals surface area contributed by atoms with Crippen molar-refractivity contribution in [1.82, 2.24) is 9.88 Å². The summed E-state index contributed by atoms with van der Waals surface area (Å²) in [5.74, 6) is -1.28. The molecular weight excluding hydrogens is 569 g/mol. The Kier molecular flexibility index (Phi) is 7.94. The zero-order chi connectivity index (χ0) is 29.2. The van der Waals surface area contributed by atoms with E-state index in [1.807, 2.05) is 12.1 Å². The molecule has 4 amide bonds. The molecule has 0 unspecified atom stereocenters. The van der Waals surface area contributed by atoms with Crippen LogP contribution in [0.4, 0.5) is 27.0 Å². The minimum absolute atomic E-state index is 0.0779. The standard InChI is InChI=1S/C31H30N6O3S2/c1-3-4-5-9-15-36-16-14-20-17-21(12-13-25(20)36)33-34-30-32-27-26(42-30)19-23(41-27)18-24-28(38)35(2)31(40)37(29(24)39)22-10-7-6-8-11-22/h6-8,10-13,17-19H,3-5,9,14-16H2,1-2H3/b24-18-,34-33+. The van der Waals surface area contributed by atoms with E-state index < -0.39 is 17.8 Å². The van der Waals surface area contributed by atoms with Gasteiger partial charge in [-0.3, -0.25) is 14.5 Å². The molecule has 0 N–H and O–H groups in total. The molecule has 1 fully saturated rings. The molecule has 4 heterocycles. The lowest BCUT2D eigenvalue weighted by Crippen LogP contribution is -2.55. The molecule has 0 saturated carbocycles. The fourth-order valence-electron chi connectivity index (χ4n) is 5.22. The molecule has 0 bridgehead atoms. The van der Waals surface area contributed by atoms with Gasteiger partial charge in [-0.2, -0.15) is 0 Å². The molecule has 2 aliphatic heterocycles. The van der Waals surface area contributed by atoms with Crippen LogP contribution in [0, 0.1) is 0 Å². The first kappa shape index (κ1) is 27.9. The van der Waals surface area contributed by atoms with Crippen LogP contribution in [0.5, 0.6) is 0 Å². The molecule has 0 radical (unpaired) electrons. The van der Waals surface area contributed by atoms with Crippen molar-refractivity contribution in [2.24, 2.45) is 10.2 Å². The van der Waals surface area contributed by atoms with Crippen molar-refractivity contribution in [2.45, 2.75) is 39.0 Å². The number of azo groups is 1. The van der Waals surface area contributed by atoms with E-state index in [-0.39, 0.29) is 5.57 Å². The second-order valence-electron chi connectivity index (χ2n) is 10.3. The fraction of sp³-hybridized carbons (Fsp3) is 0.290. The van der Waals surface area contributed by atoms with Gasteiger partial charge in [0.1, 0.15) is 10.4 Å². The van der Waals surface area contributed by atoms with E-state index in [9.17, 15) is 14.4 Å². The Hall–Kier alpha value is -4.22. The predicted octanol–water partition coefficient (Wildman–Crippen LogP) is 7.72. The summed E-state index contributed by atoms with van der Waals surface area (Å²) in [6.45, 7) is 4.39. The Morgan fingerprint density at radius 2 is 1.79 bits per heavy atom. The molecule has 214 valence electrons. The number of aromatic nitrogens is 1. The van der Waals surface area contributed by atoms with E-state index >= 15 is 0 Å². The highest BCUT2D eigenvalue weighted by Gasteiger charge is 2.41. The van der Waals surface area contributed by atoms with Crippen molar-refractivity contribution >= 4 is 78.3 Å². The Labute approximate surface area is 251 Å². The van der Waals surface area contributed by atoms with E-state index in [0.29, 0.717) is 15.7 Å². The van der Waals surface area contributed by atoms with E-state index in [1.54, 1.807) is 30.3 Å². The van der Waals surface area contributed by atoms with E-state index in [4.69, 9.17) is 0 Å². The number of barbiturate groups is 1. The topological polar surface area (TPSA) is 98.5 Å². The lowest BCUT2D eigenvalue weighted by atomic mass is 10.1. The number of imide groups is 2. The number of amides is 4. The molecule has 42 heavy (non-hydrogen) atoms. The normalized spacial score (nSPS) is 16.6. The summed E-state index contributed by atoms with van der Waals surface area (Å²) < 4.78 is 0.883. The van der Waals surface area contributed by atoms with Gasteiger partial charge in [0.2, 0.25) is 5.13 Å². The van der Waals surface area contributed by atoms with Crippen LogP contribution in [-0.2, 0) is 16.0 Å². The van der Waals surface area contributed by atoms with Crippen LogP contribution in [0.25, 0.3) is 15.6 Å². The molecule has 9 nitrogen and oxygen atoms in total. The molecular formula is C31H30N6O3S2. The lowest BCUT2D eigenvalue weighted by molar-refractivity contribution is -0.128. The number of hydrogen-bond donors (Lipinski definition) is 0. The number of likely N-dealkylation sites (N-methyl/N-ethyl adjacent to an activating group) is 1. The van der Waals surface area contributed by atoms with Crippen LogP contribution in [0.3, 0.4) is 0 Å². The Bertz CT molecular complexity index is 1690. The first-order valence-electron chi connectivity index (χ1n) is 14.1. The smallest absolute Gasteiger partial charge is 0.338 e. The average Bonchev–Trinajstić information content (AvgIpc) is 3.69.